The largest absolute Gasteiger partial charge is 0.469 e. The van der Waals surface area contributed by atoms with Crippen molar-refractivity contribution >= 4 is 5.97 Å². The van der Waals surface area contributed by atoms with Gasteiger partial charge in [0.25, 0.3) is 0 Å². The third-order valence-electron chi connectivity index (χ3n) is 1.02. The molecule has 0 aromatic rings. The molecule has 0 fully saturated rings. The summed E-state index contributed by atoms with van der Waals surface area (Å²) in [4.78, 5) is 10.6. The number of rotatable bonds is 3. The number of carbonyl (C=O) groups is 1. The first kappa shape index (κ1) is 8.43. The minimum absolute atomic E-state index is 0.153. The summed E-state index contributed by atoms with van der Waals surface area (Å²) in [5.41, 5.74) is 0. The molecule has 0 aliphatic heterocycles. The summed E-state index contributed by atoms with van der Waals surface area (Å²) in [6.07, 6.45) is 0. The second-order valence-electron chi connectivity index (χ2n) is 1.88. The molecule has 9 heavy (non-hydrogen) atoms. The third-order valence-corrected chi connectivity index (χ3v) is 1.02. The fourth-order valence-electron chi connectivity index (χ4n) is 0.519. The van der Waals surface area contributed by atoms with E-state index in [-0.39, 0.29) is 11.9 Å². The van der Waals surface area contributed by atoms with Crippen LogP contribution in [-0.4, -0.2) is 26.8 Å². The summed E-state index contributed by atoms with van der Waals surface area (Å²) in [5, 5.41) is 0. The van der Waals surface area contributed by atoms with Crippen molar-refractivity contribution in [1.29, 1.82) is 0 Å². The molecule has 0 heterocycles. The minimum Gasteiger partial charge on any atom is -0.469 e. The maximum Gasteiger partial charge on any atom is 0.310 e. The van der Waals surface area contributed by atoms with Crippen LogP contribution in [0.4, 0.5) is 0 Å². The number of carbonyl (C=O) groups excluding carboxylic acids is 1. The molecule has 0 aliphatic carbocycles. The summed E-state index contributed by atoms with van der Waals surface area (Å²) in [7, 11) is 2.92. The topological polar surface area (TPSA) is 35.5 Å². The van der Waals surface area contributed by atoms with Crippen LogP contribution in [0.15, 0.2) is 0 Å². The lowest BCUT2D eigenvalue weighted by molar-refractivity contribution is -0.146. The summed E-state index contributed by atoms with van der Waals surface area (Å²) in [6.45, 7) is 2.18. The van der Waals surface area contributed by atoms with Gasteiger partial charge in [-0.1, -0.05) is 0 Å². The number of hydrogen-bond acceptors (Lipinski definition) is 3. The maximum atomic E-state index is 10.6. The van der Waals surface area contributed by atoms with Gasteiger partial charge in [0.2, 0.25) is 0 Å². The van der Waals surface area contributed by atoms with E-state index in [1.54, 1.807) is 14.0 Å². The van der Waals surface area contributed by atoms with Gasteiger partial charge in [-0.2, -0.15) is 0 Å². The van der Waals surface area contributed by atoms with Gasteiger partial charge in [0, 0.05) is 7.11 Å². The molecule has 3 heteroatoms. The summed E-state index contributed by atoms with van der Waals surface area (Å²) in [5.74, 6) is -0.378. The van der Waals surface area contributed by atoms with Crippen LogP contribution in [0.25, 0.3) is 0 Å². The van der Waals surface area contributed by atoms with Crippen LogP contribution in [0.2, 0.25) is 0 Å². The first-order valence-corrected chi connectivity index (χ1v) is 2.79. The first-order valence-electron chi connectivity index (χ1n) is 2.79. The van der Waals surface area contributed by atoms with Crippen molar-refractivity contribution in [3.05, 3.63) is 0 Å². The molecule has 0 amide bonds. The Labute approximate surface area is 55.0 Å². The van der Waals surface area contributed by atoms with Crippen LogP contribution in [0.3, 0.4) is 0 Å². The molecule has 0 radical (unpaired) electrons. The van der Waals surface area contributed by atoms with Crippen LogP contribution in [0, 0.1) is 5.92 Å². The molecule has 0 N–H and O–H groups in total. The zero-order valence-corrected chi connectivity index (χ0v) is 6.01. The monoisotopic (exact) mass is 132 g/mol. The average molecular weight is 132 g/mol. The summed E-state index contributed by atoms with van der Waals surface area (Å²) >= 11 is 0. The molecule has 0 aliphatic rings. The van der Waals surface area contributed by atoms with Gasteiger partial charge in [-0.15, -0.1) is 0 Å². The molecule has 0 saturated heterocycles. The summed E-state index contributed by atoms with van der Waals surface area (Å²) in [6, 6.07) is 0. The Morgan fingerprint density at radius 3 is 2.44 bits per heavy atom. The van der Waals surface area contributed by atoms with Gasteiger partial charge in [0.1, 0.15) is 0 Å². The lowest BCUT2D eigenvalue weighted by Gasteiger charge is -2.05. The summed E-state index contributed by atoms with van der Waals surface area (Å²) < 4.78 is 9.17. The van der Waals surface area contributed by atoms with Crippen molar-refractivity contribution in [1.82, 2.24) is 0 Å². The molecule has 0 spiro atoms. The smallest absolute Gasteiger partial charge is 0.310 e. The molecule has 0 rings (SSSR count). The van der Waals surface area contributed by atoms with E-state index in [4.69, 9.17) is 4.74 Å². The number of methoxy groups -OCH3 is 2. The fraction of sp³-hybridized carbons (Fsp3) is 0.833. The molecule has 3 nitrogen and oxygen atoms in total. The van der Waals surface area contributed by atoms with Crippen molar-refractivity contribution in [2.24, 2.45) is 5.92 Å². The van der Waals surface area contributed by atoms with E-state index >= 15 is 0 Å². The predicted molar refractivity (Wildman–Crippen MR) is 33.1 cm³/mol. The standard InChI is InChI=1S/C6H12O3/c1-5(4-8-2)6(7)9-3/h5H,4H2,1-3H3/t5-/m0/s1. The zero-order valence-electron chi connectivity index (χ0n) is 6.01. The number of hydrogen-bond donors (Lipinski definition) is 0. The first-order chi connectivity index (χ1) is 4.22. The minimum atomic E-state index is -0.225. The van der Waals surface area contributed by atoms with E-state index in [1.165, 1.54) is 7.11 Å². The average Bonchev–Trinajstić information content (AvgIpc) is 1.87. The number of ether oxygens (including phenoxy) is 2. The molecule has 0 aromatic carbocycles. The molecule has 0 saturated carbocycles. The van der Waals surface area contributed by atoms with Gasteiger partial charge in [-0.3, -0.25) is 4.79 Å². The van der Waals surface area contributed by atoms with Crippen LogP contribution in [-0.2, 0) is 14.3 Å². The van der Waals surface area contributed by atoms with Crippen LogP contribution >= 0.6 is 0 Å². The maximum absolute atomic E-state index is 10.6. The molecule has 0 aromatic heterocycles. The zero-order chi connectivity index (χ0) is 7.28. The Hall–Kier alpha value is -0.570. The van der Waals surface area contributed by atoms with Crippen LogP contribution < -0.4 is 0 Å². The van der Waals surface area contributed by atoms with Crippen molar-refractivity contribution in [3.63, 3.8) is 0 Å². The Kier molecular flexibility index (Phi) is 4.05. The molecule has 1 atom stereocenters. The van der Waals surface area contributed by atoms with Gasteiger partial charge in [-0.05, 0) is 6.92 Å². The highest BCUT2D eigenvalue weighted by Gasteiger charge is 2.11. The molecule has 0 unspecified atom stereocenters. The highest BCUT2D eigenvalue weighted by Crippen LogP contribution is 1.96. The molecule has 54 valence electrons. The molecular weight excluding hydrogens is 120 g/mol. The van der Waals surface area contributed by atoms with Gasteiger partial charge in [-0.25, -0.2) is 0 Å². The van der Waals surface area contributed by atoms with E-state index in [1.807, 2.05) is 0 Å². The van der Waals surface area contributed by atoms with E-state index in [0.29, 0.717) is 6.61 Å². The van der Waals surface area contributed by atoms with Crippen molar-refractivity contribution in [2.45, 2.75) is 6.92 Å². The van der Waals surface area contributed by atoms with Crippen molar-refractivity contribution in [3.8, 4) is 0 Å². The van der Waals surface area contributed by atoms with Gasteiger partial charge in [0.15, 0.2) is 0 Å². The van der Waals surface area contributed by atoms with Gasteiger partial charge in [0.05, 0.1) is 19.6 Å². The Bertz CT molecular complexity index is 90.3. The van der Waals surface area contributed by atoms with E-state index < -0.39 is 0 Å². The van der Waals surface area contributed by atoms with Gasteiger partial charge >= 0.3 is 5.97 Å². The Morgan fingerprint density at radius 1 is 1.56 bits per heavy atom. The van der Waals surface area contributed by atoms with Crippen LogP contribution in [0.5, 0.6) is 0 Å². The second-order valence-corrected chi connectivity index (χ2v) is 1.88. The second kappa shape index (κ2) is 4.32. The lowest BCUT2D eigenvalue weighted by Crippen LogP contribution is -2.17. The predicted octanol–water partition coefficient (Wildman–Crippen LogP) is 0.442. The fourth-order valence-corrected chi connectivity index (χ4v) is 0.519. The lowest BCUT2D eigenvalue weighted by atomic mass is 10.2. The molecule has 0 bridgehead atoms. The van der Waals surface area contributed by atoms with Crippen molar-refractivity contribution < 1.29 is 14.3 Å². The Balaban J connectivity index is 3.45. The van der Waals surface area contributed by atoms with Gasteiger partial charge < -0.3 is 9.47 Å². The third kappa shape index (κ3) is 3.08. The Morgan fingerprint density at radius 2 is 2.11 bits per heavy atom. The molecular formula is C6H12O3. The van der Waals surface area contributed by atoms with E-state index in [9.17, 15) is 4.79 Å². The highest BCUT2D eigenvalue weighted by molar-refractivity contribution is 5.71. The van der Waals surface area contributed by atoms with Crippen molar-refractivity contribution in [2.75, 3.05) is 20.8 Å². The van der Waals surface area contributed by atoms with Crippen LogP contribution in [0.1, 0.15) is 6.92 Å². The van der Waals surface area contributed by atoms with E-state index in [0.717, 1.165) is 0 Å². The SMILES string of the molecule is COC[C@H](C)C(=O)OC. The van der Waals surface area contributed by atoms with E-state index in [2.05, 4.69) is 4.74 Å². The quantitative estimate of drug-likeness (QED) is 0.523. The number of esters is 1. The normalized spacial score (nSPS) is 12.8. The highest BCUT2D eigenvalue weighted by atomic mass is 16.5.